The van der Waals surface area contributed by atoms with Crippen LogP contribution in [0.2, 0.25) is 0 Å². The molecule has 1 saturated carbocycles. The van der Waals surface area contributed by atoms with Crippen LogP contribution >= 0.6 is 11.3 Å². The third-order valence-electron chi connectivity index (χ3n) is 6.14. The maximum atomic E-state index is 13.1. The van der Waals surface area contributed by atoms with Crippen molar-refractivity contribution in [3.05, 3.63) is 46.4 Å². The van der Waals surface area contributed by atoms with Crippen molar-refractivity contribution >= 4 is 23.2 Å². The topological polar surface area (TPSA) is 62.7 Å². The summed E-state index contributed by atoms with van der Waals surface area (Å²) < 4.78 is 5.87. The summed E-state index contributed by atoms with van der Waals surface area (Å²) in [6.45, 7) is 2.69. The fourth-order valence-electron chi connectivity index (χ4n) is 4.34. The molecule has 1 saturated heterocycles. The maximum absolute atomic E-state index is 13.1. The molecule has 0 radical (unpaired) electrons. The second-order valence-electron chi connectivity index (χ2n) is 8.13. The molecule has 2 aliphatic rings. The van der Waals surface area contributed by atoms with Crippen LogP contribution in [0.3, 0.4) is 0 Å². The van der Waals surface area contributed by atoms with Gasteiger partial charge in [-0.3, -0.25) is 9.59 Å². The fraction of sp³-hybridized carbons (Fsp3) is 0.522. The monoisotopic (exact) mass is 427 g/mol. The largest absolute Gasteiger partial charge is 0.486 e. The van der Waals surface area contributed by atoms with E-state index in [1.165, 1.54) is 37.0 Å². The zero-order chi connectivity index (χ0) is 20.8. The van der Waals surface area contributed by atoms with Crippen LogP contribution in [0.15, 0.2) is 35.2 Å². The van der Waals surface area contributed by atoms with E-state index in [1.807, 2.05) is 33.4 Å². The average Bonchev–Trinajstić information content (AvgIpc) is 3.50. The van der Waals surface area contributed by atoms with Crippen LogP contribution in [0.1, 0.15) is 54.6 Å². The molecule has 0 spiro atoms. The van der Waals surface area contributed by atoms with Gasteiger partial charge in [-0.25, -0.2) is 4.98 Å². The number of thiazole rings is 1. The van der Waals surface area contributed by atoms with Crippen molar-refractivity contribution in [1.82, 2.24) is 14.8 Å². The molecule has 1 aliphatic heterocycles. The van der Waals surface area contributed by atoms with Crippen LogP contribution in [-0.4, -0.2) is 52.8 Å². The highest BCUT2D eigenvalue weighted by molar-refractivity contribution is 7.07. The van der Waals surface area contributed by atoms with Crippen LogP contribution in [0.25, 0.3) is 0 Å². The van der Waals surface area contributed by atoms with E-state index in [9.17, 15) is 9.59 Å². The highest BCUT2D eigenvalue weighted by Crippen LogP contribution is 2.29. The van der Waals surface area contributed by atoms with Gasteiger partial charge in [0.2, 0.25) is 5.91 Å². The first kappa shape index (κ1) is 20.8. The molecule has 2 heterocycles. The van der Waals surface area contributed by atoms with E-state index in [-0.39, 0.29) is 11.8 Å². The van der Waals surface area contributed by atoms with Gasteiger partial charge in [0, 0.05) is 38.0 Å². The lowest BCUT2D eigenvalue weighted by atomic mass is 10.0. The average molecular weight is 428 g/mol. The number of piperazine rings is 1. The molecule has 30 heavy (non-hydrogen) atoms. The number of rotatable bonds is 7. The van der Waals surface area contributed by atoms with Gasteiger partial charge in [0.15, 0.2) is 0 Å². The third kappa shape index (κ3) is 5.19. The SMILES string of the molecule is O=C(CCC1CCCC1)N1CCN(C(=O)c2ccccc2OCc2cscn2)CC1. The van der Waals surface area contributed by atoms with Crippen molar-refractivity contribution in [2.75, 3.05) is 26.2 Å². The van der Waals surface area contributed by atoms with E-state index < -0.39 is 0 Å². The molecule has 1 aliphatic carbocycles. The lowest BCUT2D eigenvalue weighted by molar-refractivity contribution is -0.133. The molecule has 0 unspecified atom stereocenters. The van der Waals surface area contributed by atoms with Crippen molar-refractivity contribution < 1.29 is 14.3 Å². The van der Waals surface area contributed by atoms with Crippen molar-refractivity contribution in [2.45, 2.75) is 45.1 Å². The van der Waals surface area contributed by atoms with E-state index in [2.05, 4.69) is 4.98 Å². The van der Waals surface area contributed by atoms with Crippen LogP contribution in [0.5, 0.6) is 5.75 Å². The van der Waals surface area contributed by atoms with Crippen molar-refractivity contribution in [3.63, 3.8) is 0 Å². The number of benzene rings is 1. The van der Waals surface area contributed by atoms with Crippen LogP contribution in [0, 0.1) is 5.92 Å². The lowest BCUT2D eigenvalue weighted by Crippen LogP contribution is -2.50. The van der Waals surface area contributed by atoms with Crippen LogP contribution < -0.4 is 4.74 Å². The maximum Gasteiger partial charge on any atom is 0.257 e. The zero-order valence-electron chi connectivity index (χ0n) is 17.3. The predicted octanol–water partition coefficient (Wildman–Crippen LogP) is 3.98. The summed E-state index contributed by atoms with van der Waals surface area (Å²) in [5.74, 6) is 1.51. The van der Waals surface area contributed by atoms with E-state index in [0.29, 0.717) is 50.5 Å². The van der Waals surface area contributed by atoms with Gasteiger partial charge in [-0.15, -0.1) is 11.3 Å². The Morgan fingerprint density at radius 2 is 1.80 bits per heavy atom. The van der Waals surface area contributed by atoms with Crippen LogP contribution in [-0.2, 0) is 11.4 Å². The van der Waals surface area contributed by atoms with Crippen LogP contribution in [0.4, 0.5) is 0 Å². The molecule has 7 heteroatoms. The quantitative estimate of drug-likeness (QED) is 0.671. The lowest BCUT2D eigenvalue weighted by Gasteiger charge is -2.35. The van der Waals surface area contributed by atoms with E-state index >= 15 is 0 Å². The van der Waals surface area contributed by atoms with Gasteiger partial charge < -0.3 is 14.5 Å². The summed E-state index contributed by atoms with van der Waals surface area (Å²) in [6.07, 6.45) is 6.84. The summed E-state index contributed by atoms with van der Waals surface area (Å²) in [6, 6.07) is 7.35. The second-order valence-corrected chi connectivity index (χ2v) is 8.85. The minimum atomic E-state index is -0.0399. The first-order chi connectivity index (χ1) is 14.7. The Morgan fingerprint density at radius 3 is 2.53 bits per heavy atom. The first-order valence-corrected chi connectivity index (χ1v) is 11.8. The molecule has 2 aromatic rings. The van der Waals surface area contributed by atoms with E-state index in [4.69, 9.17) is 4.74 Å². The molecule has 1 aromatic carbocycles. The highest BCUT2D eigenvalue weighted by atomic mass is 32.1. The number of carbonyl (C=O) groups is 2. The Labute approximate surface area is 181 Å². The number of nitrogens with zero attached hydrogens (tertiary/aromatic N) is 3. The molecule has 2 amide bonds. The fourth-order valence-corrected chi connectivity index (χ4v) is 4.89. The molecular weight excluding hydrogens is 398 g/mol. The van der Waals surface area contributed by atoms with E-state index in [1.54, 1.807) is 11.6 Å². The van der Waals surface area contributed by atoms with E-state index in [0.717, 1.165) is 18.0 Å². The van der Waals surface area contributed by atoms with Gasteiger partial charge in [-0.1, -0.05) is 37.8 Å². The first-order valence-electron chi connectivity index (χ1n) is 10.9. The number of amides is 2. The molecule has 4 rings (SSSR count). The summed E-state index contributed by atoms with van der Waals surface area (Å²) in [7, 11) is 0. The van der Waals surface area contributed by atoms with Gasteiger partial charge in [-0.05, 0) is 24.5 Å². The standard InChI is InChI=1S/C23H29N3O3S/c27-22(10-9-18-5-1-2-6-18)25-11-13-26(14-12-25)23(28)20-7-3-4-8-21(20)29-15-19-16-30-17-24-19/h3-4,7-8,16-18H,1-2,5-6,9-15H2. The number of ether oxygens (including phenoxy) is 1. The zero-order valence-corrected chi connectivity index (χ0v) is 18.1. The molecule has 0 bridgehead atoms. The Bertz CT molecular complexity index is 841. The molecule has 0 N–H and O–H groups in total. The number of hydrogen-bond acceptors (Lipinski definition) is 5. The summed E-state index contributed by atoms with van der Waals surface area (Å²) >= 11 is 1.52. The summed E-state index contributed by atoms with van der Waals surface area (Å²) in [5.41, 5.74) is 3.19. The van der Waals surface area contributed by atoms with Crippen molar-refractivity contribution in [1.29, 1.82) is 0 Å². The number of hydrogen-bond donors (Lipinski definition) is 0. The number of para-hydroxylation sites is 1. The summed E-state index contributed by atoms with van der Waals surface area (Å²) in [4.78, 5) is 33.6. The third-order valence-corrected chi connectivity index (χ3v) is 6.77. The molecule has 2 fully saturated rings. The molecule has 0 atom stereocenters. The molecule has 6 nitrogen and oxygen atoms in total. The van der Waals surface area contributed by atoms with Gasteiger partial charge >= 0.3 is 0 Å². The Morgan fingerprint density at radius 1 is 1.07 bits per heavy atom. The van der Waals surface area contributed by atoms with Gasteiger partial charge in [-0.2, -0.15) is 0 Å². The predicted molar refractivity (Wildman–Crippen MR) is 117 cm³/mol. The number of carbonyl (C=O) groups excluding carboxylic acids is 2. The molecular formula is C23H29N3O3S. The normalized spacial score (nSPS) is 17.3. The summed E-state index contributed by atoms with van der Waals surface area (Å²) in [5, 5.41) is 1.94. The Kier molecular flexibility index (Phi) is 7.00. The minimum Gasteiger partial charge on any atom is -0.486 e. The van der Waals surface area contributed by atoms with Crippen molar-refractivity contribution in [3.8, 4) is 5.75 Å². The number of aromatic nitrogens is 1. The molecule has 1 aromatic heterocycles. The minimum absolute atomic E-state index is 0.0399. The molecule has 160 valence electrons. The smallest absolute Gasteiger partial charge is 0.257 e. The Hall–Kier alpha value is -2.41. The van der Waals surface area contributed by atoms with Gasteiger partial charge in [0.1, 0.15) is 12.4 Å². The van der Waals surface area contributed by atoms with Gasteiger partial charge in [0.25, 0.3) is 5.91 Å². The highest BCUT2D eigenvalue weighted by Gasteiger charge is 2.27. The van der Waals surface area contributed by atoms with Crippen molar-refractivity contribution in [2.24, 2.45) is 5.92 Å². The second kappa shape index (κ2) is 10.1. The Balaban J connectivity index is 1.29. The van der Waals surface area contributed by atoms with Gasteiger partial charge in [0.05, 0.1) is 16.8 Å².